The fourth-order valence-corrected chi connectivity index (χ4v) is 8.63. The van der Waals surface area contributed by atoms with Crippen molar-refractivity contribution in [3.05, 3.63) is 106 Å². The fourth-order valence-electron chi connectivity index (χ4n) is 8.35. The summed E-state index contributed by atoms with van der Waals surface area (Å²) in [5.41, 5.74) is 5.40. The highest BCUT2D eigenvalue weighted by atomic mass is 35.5. The molecule has 230 valence electrons. The lowest BCUT2D eigenvalue weighted by molar-refractivity contribution is -0.141. The molecule has 3 aromatic rings. The normalized spacial score (nSPS) is 29.0. The summed E-state index contributed by atoms with van der Waals surface area (Å²) in [5, 5.41) is 11.7. The Bertz CT molecular complexity index is 1760. The predicted molar refractivity (Wildman–Crippen MR) is 169 cm³/mol. The minimum atomic E-state index is -1.40. The maximum Gasteiger partial charge on any atom is 0.260 e. The molecule has 2 saturated heterocycles. The van der Waals surface area contributed by atoms with Crippen LogP contribution in [0.3, 0.4) is 0 Å². The third-order valence-corrected chi connectivity index (χ3v) is 10.6. The number of benzene rings is 3. The van der Waals surface area contributed by atoms with Gasteiger partial charge in [-0.15, -0.1) is 0 Å². The van der Waals surface area contributed by atoms with E-state index >= 15 is 4.79 Å². The lowest BCUT2D eigenvalue weighted by Gasteiger charge is -2.50. The van der Waals surface area contributed by atoms with E-state index in [1.165, 1.54) is 17.0 Å². The van der Waals surface area contributed by atoms with Crippen molar-refractivity contribution in [1.82, 2.24) is 9.91 Å². The zero-order chi connectivity index (χ0) is 31.6. The van der Waals surface area contributed by atoms with E-state index in [1.54, 1.807) is 6.07 Å². The highest BCUT2D eigenvalue weighted by molar-refractivity contribution is 6.31. The van der Waals surface area contributed by atoms with Crippen LogP contribution in [-0.2, 0) is 24.6 Å². The summed E-state index contributed by atoms with van der Waals surface area (Å²) in [6.45, 7) is 4.24. The molecule has 45 heavy (non-hydrogen) atoms. The Labute approximate surface area is 266 Å². The molecule has 2 aliphatic carbocycles. The van der Waals surface area contributed by atoms with Crippen molar-refractivity contribution in [1.29, 1.82) is 0 Å². The van der Waals surface area contributed by atoms with Gasteiger partial charge in [0.05, 0.1) is 28.9 Å². The smallest absolute Gasteiger partial charge is 0.260 e. The van der Waals surface area contributed by atoms with Crippen molar-refractivity contribution >= 4 is 40.9 Å². The number of hydrogen-bond acceptors (Lipinski definition) is 6. The van der Waals surface area contributed by atoms with Gasteiger partial charge < -0.3 is 5.11 Å². The number of hydrazine groups is 1. The molecule has 6 atom stereocenters. The van der Waals surface area contributed by atoms with Crippen LogP contribution in [0.4, 0.5) is 5.69 Å². The van der Waals surface area contributed by atoms with E-state index in [0.717, 1.165) is 16.1 Å². The number of imide groups is 2. The van der Waals surface area contributed by atoms with Crippen molar-refractivity contribution in [3.8, 4) is 5.75 Å². The number of carbonyl (C=O) groups excluding carboxylic acids is 4. The molecule has 8 nitrogen and oxygen atoms in total. The van der Waals surface area contributed by atoms with Gasteiger partial charge in [-0.1, -0.05) is 84.3 Å². The number of phenols is 1. The second kappa shape index (κ2) is 10.9. The van der Waals surface area contributed by atoms with Gasteiger partial charge in [0.25, 0.3) is 11.8 Å². The number of nitrogens with one attached hydrogen (secondary N) is 1. The summed E-state index contributed by atoms with van der Waals surface area (Å²) in [6.07, 6.45) is 3.25. The molecule has 2 aliphatic heterocycles. The second-order valence-corrected chi connectivity index (χ2v) is 13.0. The quantitative estimate of drug-likeness (QED) is 0.268. The fraction of sp³-hybridized carbons (Fsp3) is 0.333. The van der Waals surface area contributed by atoms with Crippen LogP contribution in [0.15, 0.2) is 84.4 Å². The molecule has 3 aromatic carbocycles. The molecule has 3 fully saturated rings. The van der Waals surface area contributed by atoms with Gasteiger partial charge in [0.1, 0.15) is 5.75 Å². The molecule has 4 amide bonds. The Kier molecular flexibility index (Phi) is 7.08. The van der Waals surface area contributed by atoms with Crippen LogP contribution in [0.25, 0.3) is 0 Å². The first kappa shape index (κ1) is 29.3. The monoisotopic (exact) mass is 623 g/mol. The number of halogens is 1. The minimum Gasteiger partial charge on any atom is -0.508 e. The molecular weight excluding hydrogens is 590 g/mol. The molecule has 9 heteroatoms. The van der Waals surface area contributed by atoms with Crippen molar-refractivity contribution < 1.29 is 24.3 Å². The highest BCUT2D eigenvalue weighted by Crippen LogP contribution is 2.64. The second-order valence-electron chi connectivity index (χ2n) is 12.6. The van der Waals surface area contributed by atoms with Gasteiger partial charge in [0, 0.05) is 17.5 Å². The van der Waals surface area contributed by atoms with E-state index in [1.807, 2.05) is 74.5 Å². The minimum absolute atomic E-state index is 0.0256. The van der Waals surface area contributed by atoms with E-state index in [2.05, 4.69) is 5.43 Å². The summed E-state index contributed by atoms with van der Waals surface area (Å²) >= 11 is 6.88. The Hall–Kier alpha value is -4.43. The van der Waals surface area contributed by atoms with E-state index in [0.29, 0.717) is 36.2 Å². The van der Waals surface area contributed by atoms with E-state index in [4.69, 9.17) is 11.6 Å². The van der Waals surface area contributed by atoms with Crippen LogP contribution >= 0.6 is 11.6 Å². The molecule has 0 spiro atoms. The predicted octanol–water partition coefficient (Wildman–Crippen LogP) is 5.75. The van der Waals surface area contributed by atoms with Crippen molar-refractivity contribution in [2.24, 2.45) is 23.7 Å². The van der Waals surface area contributed by atoms with Gasteiger partial charge in [-0.3, -0.25) is 29.5 Å². The van der Waals surface area contributed by atoms with Crippen LogP contribution in [0.5, 0.6) is 5.75 Å². The van der Waals surface area contributed by atoms with Crippen molar-refractivity contribution in [2.45, 2.75) is 44.4 Å². The standard InChI is InChI=1S/C36H34ClN3O5/c1-3-17-39-32(42)26-16-15-24-27(30(26)34(39)44)19-28-33(43)40(38-22-11-9-20(2)10-12-22)35(45)36(28,21-7-5-4-6-8-21)31(24)25-14-13-23(41)18-29(25)37/h4-15,18,26-28,30-31,38,41H,3,16-17,19H2,1-2H3. The number of allylic oxidation sites excluding steroid dienone is 2. The van der Waals surface area contributed by atoms with Gasteiger partial charge >= 0.3 is 0 Å². The van der Waals surface area contributed by atoms with Crippen LogP contribution in [0.1, 0.15) is 48.8 Å². The molecule has 0 aromatic heterocycles. The van der Waals surface area contributed by atoms with Gasteiger partial charge in [0.2, 0.25) is 11.8 Å². The Balaban J connectivity index is 1.45. The third kappa shape index (κ3) is 4.26. The lowest BCUT2D eigenvalue weighted by Crippen LogP contribution is -2.53. The number of anilines is 1. The van der Waals surface area contributed by atoms with Gasteiger partial charge in [0.15, 0.2) is 0 Å². The Morgan fingerprint density at radius 1 is 0.933 bits per heavy atom. The average Bonchev–Trinajstić information content (AvgIpc) is 3.40. The maximum absolute atomic E-state index is 15.1. The highest BCUT2D eigenvalue weighted by Gasteiger charge is 2.70. The summed E-state index contributed by atoms with van der Waals surface area (Å²) in [7, 11) is 0. The van der Waals surface area contributed by atoms with Gasteiger partial charge in [-0.2, -0.15) is 5.01 Å². The molecule has 4 aliphatic rings. The molecule has 2 heterocycles. The number of fused-ring (bicyclic) bond motifs is 4. The zero-order valence-electron chi connectivity index (χ0n) is 25.1. The topological polar surface area (TPSA) is 107 Å². The molecule has 7 rings (SSSR count). The maximum atomic E-state index is 15.1. The summed E-state index contributed by atoms with van der Waals surface area (Å²) in [5.74, 6) is -4.39. The first-order chi connectivity index (χ1) is 21.7. The number of phenolic OH excluding ortho intramolecular Hbond substituents is 1. The summed E-state index contributed by atoms with van der Waals surface area (Å²) in [4.78, 5) is 58.4. The molecular formula is C36H34ClN3O5. The van der Waals surface area contributed by atoms with Crippen molar-refractivity contribution in [3.63, 3.8) is 0 Å². The van der Waals surface area contributed by atoms with Crippen LogP contribution in [-0.4, -0.2) is 45.2 Å². The van der Waals surface area contributed by atoms with Crippen LogP contribution < -0.4 is 5.43 Å². The number of nitrogens with zero attached hydrogens (tertiary/aromatic N) is 2. The van der Waals surface area contributed by atoms with Crippen LogP contribution in [0, 0.1) is 30.6 Å². The number of amides is 4. The molecule has 1 saturated carbocycles. The number of rotatable bonds is 6. The lowest BCUT2D eigenvalue weighted by atomic mass is 9.49. The van der Waals surface area contributed by atoms with Crippen molar-refractivity contribution in [2.75, 3.05) is 12.0 Å². The summed E-state index contributed by atoms with van der Waals surface area (Å²) in [6, 6.07) is 21.4. The number of aryl methyl sites for hydroxylation is 1. The molecule has 6 unspecified atom stereocenters. The Morgan fingerprint density at radius 2 is 1.67 bits per heavy atom. The first-order valence-corrected chi connectivity index (χ1v) is 15.9. The SMILES string of the molecule is CCCN1C(=O)C2CC=C3C(CC4C(=O)N(Nc5ccc(C)cc5)C(=O)C4(c4ccccc4)C3c3ccc(O)cc3Cl)C2C1=O. The third-order valence-electron chi connectivity index (χ3n) is 10.2. The van der Waals surface area contributed by atoms with E-state index < -0.39 is 46.8 Å². The molecule has 0 radical (unpaired) electrons. The molecule has 2 N–H and O–H groups in total. The number of hydrogen-bond donors (Lipinski definition) is 2. The van der Waals surface area contributed by atoms with E-state index in [-0.39, 0.29) is 29.0 Å². The van der Waals surface area contributed by atoms with Gasteiger partial charge in [-0.25, -0.2) is 0 Å². The zero-order valence-corrected chi connectivity index (χ0v) is 25.8. The van der Waals surface area contributed by atoms with Crippen LogP contribution in [0.2, 0.25) is 5.02 Å². The summed E-state index contributed by atoms with van der Waals surface area (Å²) < 4.78 is 0. The first-order valence-electron chi connectivity index (χ1n) is 15.5. The Morgan fingerprint density at radius 3 is 2.36 bits per heavy atom. The van der Waals surface area contributed by atoms with Gasteiger partial charge in [-0.05, 0) is 67.5 Å². The number of carbonyl (C=O) groups is 4. The van der Waals surface area contributed by atoms with E-state index in [9.17, 15) is 19.5 Å². The largest absolute Gasteiger partial charge is 0.508 e. The number of likely N-dealkylation sites (tertiary alicyclic amines) is 1. The average molecular weight is 624 g/mol. The molecule has 0 bridgehead atoms. The number of aromatic hydroxyl groups is 1.